The largest absolute Gasteiger partial charge is 0.485 e. The summed E-state index contributed by atoms with van der Waals surface area (Å²) in [7, 11) is -1.38. The Hall–Kier alpha value is -1.47. The Balaban J connectivity index is 1.42. The van der Waals surface area contributed by atoms with Gasteiger partial charge < -0.3 is 18.6 Å². The molecular formula is C27H42O5Si. The van der Waals surface area contributed by atoms with Gasteiger partial charge in [0.05, 0.1) is 13.2 Å². The SMILES string of the molecule is C[Si](C)(C)OCCCCCCCC1C(C=CC(=O)COc2ccccc2)CCC12OCCO2. The number of benzene rings is 1. The Labute approximate surface area is 201 Å². The molecule has 1 saturated carbocycles. The molecule has 0 aromatic heterocycles. The van der Waals surface area contributed by atoms with Crippen molar-refractivity contribution >= 4 is 14.1 Å². The molecule has 1 saturated heterocycles. The summed E-state index contributed by atoms with van der Waals surface area (Å²) in [6.45, 7) is 9.04. The predicted octanol–water partition coefficient (Wildman–Crippen LogP) is 6.15. The van der Waals surface area contributed by atoms with Gasteiger partial charge >= 0.3 is 0 Å². The van der Waals surface area contributed by atoms with Crippen LogP contribution in [0.3, 0.4) is 0 Å². The van der Waals surface area contributed by atoms with Gasteiger partial charge in [0.1, 0.15) is 5.75 Å². The summed E-state index contributed by atoms with van der Waals surface area (Å²) in [5, 5.41) is 0. The lowest BCUT2D eigenvalue weighted by Crippen LogP contribution is -2.36. The Morgan fingerprint density at radius 2 is 1.76 bits per heavy atom. The number of unbranched alkanes of at least 4 members (excludes halogenated alkanes) is 4. The smallest absolute Gasteiger partial charge is 0.192 e. The van der Waals surface area contributed by atoms with E-state index in [0.29, 0.717) is 25.0 Å². The fraction of sp³-hybridized carbons (Fsp3) is 0.667. The number of carbonyl (C=O) groups excluding carboxylic acids is 1. The van der Waals surface area contributed by atoms with Crippen LogP contribution in [0.4, 0.5) is 0 Å². The fourth-order valence-electron chi connectivity index (χ4n) is 4.90. The normalized spacial score (nSPS) is 22.4. The number of hydrogen-bond donors (Lipinski definition) is 0. The van der Waals surface area contributed by atoms with E-state index in [1.165, 1.54) is 25.7 Å². The Kier molecular flexibility index (Phi) is 10.2. The van der Waals surface area contributed by atoms with E-state index in [4.69, 9.17) is 18.6 Å². The van der Waals surface area contributed by atoms with Crippen LogP contribution in [0, 0.1) is 11.8 Å². The molecular weight excluding hydrogens is 432 g/mol. The monoisotopic (exact) mass is 474 g/mol. The van der Waals surface area contributed by atoms with Gasteiger partial charge in [-0.1, -0.05) is 50.0 Å². The minimum atomic E-state index is -1.38. The molecule has 33 heavy (non-hydrogen) atoms. The molecule has 1 aromatic carbocycles. The molecule has 3 rings (SSSR count). The van der Waals surface area contributed by atoms with Crippen molar-refractivity contribution in [2.24, 2.45) is 11.8 Å². The Morgan fingerprint density at radius 3 is 2.48 bits per heavy atom. The highest BCUT2D eigenvalue weighted by Crippen LogP contribution is 2.48. The van der Waals surface area contributed by atoms with Crippen LogP contribution in [0.25, 0.3) is 0 Å². The number of para-hydroxylation sites is 1. The minimum absolute atomic E-state index is 0.00708. The van der Waals surface area contributed by atoms with Crippen molar-refractivity contribution in [3.05, 3.63) is 42.5 Å². The van der Waals surface area contributed by atoms with Crippen LogP contribution in [0.2, 0.25) is 19.6 Å². The highest BCUT2D eigenvalue weighted by atomic mass is 28.4. The molecule has 0 radical (unpaired) electrons. The maximum Gasteiger partial charge on any atom is 0.192 e. The molecule has 0 N–H and O–H groups in total. The van der Waals surface area contributed by atoms with Crippen molar-refractivity contribution in [2.45, 2.75) is 76.8 Å². The minimum Gasteiger partial charge on any atom is -0.485 e. The maximum absolute atomic E-state index is 12.4. The van der Waals surface area contributed by atoms with E-state index in [1.54, 1.807) is 6.08 Å². The molecule has 184 valence electrons. The van der Waals surface area contributed by atoms with E-state index in [2.05, 4.69) is 25.7 Å². The standard InChI is InChI=1S/C27H42O5Si/c1-33(2,3)32-19-11-6-4-5-10-14-26-23(17-18-27(26)30-20-21-31-27)15-16-24(28)22-29-25-12-8-7-9-13-25/h7-9,12-13,15-16,23,26H,4-6,10-11,14,17-22H2,1-3H3. The summed E-state index contributed by atoms with van der Waals surface area (Å²) in [6, 6.07) is 9.46. The number of allylic oxidation sites excluding steroid dienone is 1. The van der Waals surface area contributed by atoms with Crippen LogP contribution in [-0.4, -0.2) is 46.3 Å². The van der Waals surface area contributed by atoms with Gasteiger partial charge in [-0.25, -0.2) is 0 Å². The zero-order valence-electron chi connectivity index (χ0n) is 20.7. The molecule has 2 fully saturated rings. The predicted molar refractivity (Wildman–Crippen MR) is 134 cm³/mol. The average Bonchev–Trinajstić information content (AvgIpc) is 3.40. The third kappa shape index (κ3) is 8.67. The number of ether oxygens (including phenoxy) is 3. The molecule has 1 aromatic rings. The third-order valence-corrected chi connectivity index (χ3v) is 7.60. The highest BCUT2D eigenvalue weighted by molar-refractivity contribution is 6.69. The first-order valence-corrected chi connectivity index (χ1v) is 16.1. The van der Waals surface area contributed by atoms with Crippen LogP contribution in [-0.2, 0) is 18.7 Å². The highest BCUT2D eigenvalue weighted by Gasteiger charge is 2.51. The van der Waals surface area contributed by atoms with Crippen LogP contribution >= 0.6 is 0 Å². The molecule has 5 nitrogen and oxygen atoms in total. The first-order chi connectivity index (χ1) is 15.9. The van der Waals surface area contributed by atoms with Gasteiger partial charge in [-0.3, -0.25) is 4.79 Å². The molecule has 1 spiro atoms. The summed E-state index contributed by atoms with van der Waals surface area (Å²) in [6.07, 6.45) is 12.8. The van der Waals surface area contributed by atoms with Gasteiger partial charge in [-0.15, -0.1) is 0 Å². The third-order valence-electron chi connectivity index (χ3n) is 6.53. The average molecular weight is 475 g/mol. The van der Waals surface area contributed by atoms with Crippen LogP contribution in [0.15, 0.2) is 42.5 Å². The van der Waals surface area contributed by atoms with Crippen molar-refractivity contribution in [2.75, 3.05) is 26.4 Å². The Morgan fingerprint density at radius 1 is 1.06 bits per heavy atom. The van der Waals surface area contributed by atoms with Gasteiger partial charge in [0, 0.05) is 18.9 Å². The lowest BCUT2D eigenvalue weighted by atomic mass is 9.87. The summed E-state index contributed by atoms with van der Waals surface area (Å²) < 4.78 is 23.8. The second-order valence-corrected chi connectivity index (χ2v) is 14.8. The molecule has 0 bridgehead atoms. The molecule has 0 amide bonds. The van der Waals surface area contributed by atoms with E-state index in [-0.39, 0.29) is 12.4 Å². The second kappa shape index (κ2) is 12.8. The molecule has 6 heteroatoms. The quantitative estimate of drug-likeness (QED) is 0.184. The number of rotatable bonds is 14. The maximum atomic E-state index is 12.4. The summed E-state index contributed by atoms with van der Waals surface area (Å²) in [4.78, 5) is 12.4. The fourth-order valence-corrected chi connectivity index (χ4v) is 5.66. The molecule has 1 aliphatic heterocycles. The van der Waals surface area contributed by atoms with E-state index in [0.717, 1.165) is 38.0 Å². The lowest BCUT2D eigenvalue weighted by Gasteiger charge is -2.31. The topological polar surface area (TPSA) is 54.0 Å². The summed E-state index contributed by atoms with van der Waals surface area (Å²) in [5.74, 6) is 0.899. The molecule has 2 atom stereocenters. The van der Waals surface area contributed by atoms with Crippen LogP contribution in [0.5, 0.6) is 5.75 Å². The number of carbonyl (C=O) groups is 1. The Bertz CT molecular complexity index is 737. The number of ketones is 1. The zero-order chi connectivity index (χ0) is 23.6. The molecule has 1 aliphatic carbocycles. The van der Waals surface area contributed by atoms with Crippen molar-refractivity contribution in [1.29, 1.82) is 0 Å². The lowest BCUT2D eigenvalue weighted by molar-refractivity contribution is -0.186. The second-order valence-electron chi connectivity index (χ2n) is 10.3. The van der Waals surface area contributed by atoms with Crippen LogP contribution < -0.4 is 4.74 Å². The first-order valence-electron chi connectivity index (χ1n) is 12.7. The molecule has 1 heterocycles. The van der Waals surface area contributed by atoms with E-state index in [1.807, 2.05) is 30.3 Å². The van der Waals surface area contributed by atoms with E-state index >= 15 is 0 Å². The van der Waals surface area contributed by atoms with Crippen molar-refractivity contribution in [3.63, 3.8) is 0 Å². The van der Waals surface area contributed by atoms with Crippen LogP contribution in [0.1, 0.15) is 51.4 Å². The van der Waals surface area contributed by atoms with Crippen molar-refractivity contribution in [1.82, 2.24) is 0 Å². The van der Waals surface area contributed by atoms with Gasteiger partial charge in [0.25, 0.3) is 0 Å². The van der Waals surface area contributed by atoms with Gasteiger partial charge in [-0.05, 0) is 63.0 Å². The van der Waals surface area contributed by atoms with Gasteiger partial charge in [-0.2, -0.15) is 0 Å². The number of hydrogen-bond acceptors (Lipinski definition) is 5. The van der Waals surface area contributed by atoms with E-state index in [9.17, 15) is 4.79 Å². The zero-order valence-corrected chi connectivity index (χ0v) is 21.7. The van der Waals surface area contributed by atoms with Gasteiger partial charge in [0.2, 0.25) is 0 Å². The first kappa shape index (κ1) is 26.1. The summed E-state index contributed by atoms with van der Waals surface area (Å²) in [5.41, 5.74) is 0. The summed E-state index contributed by atoms with van der Waals surface area (Å²) >= 11 is 0. The van der Waals surface area contributed by atoms with Crippen molar-refractivity contribution in [3.8, 4) is 5.75 Å². The van der Waals surface area contributed by atoms with Gasteiger partial charge in [0.15, 0.2) is 26.5 Å². The van der Waals surface area contributed by atoms with Crippen molar-refractivity contribution < 1.29 is 23.4 Å². The molecule has 2 aliphatic rings. The van der Waals surface area contributed by atoms with E-state index < -0.39 is 14.1 Å². The molecule has 2 unspecified atom stereocenters.